The topological polar surface area (TPSA) is 67.2 Å². The van der Waals surface area contributed by atoms with Gasteiger partial charge in [-0.05, 0) is 44.2 Å². The van der Waals surface area contributed by atoms with Crippen molar-refractivity contribution < 1.29 is 9.18 Å². The molecule has 6 nitrogen and oxygen atoms in total. The molecule has 2 atom stereocenters. The van der Waals surface area contributed by atoms with Crippen LogP contribution in [0.1, 0.15) is 24.3 Å². The predicted octanol–water partition coefficient (Wildman–Crippen LogP) is 1.19. The van der Waals surface area contributed by atoms with Crippen molar-refractivity contribution in [1.82, 2.24) is 20.0 Å². The van der Waals surface area contributed by atoms with E-state index in [1.54, 1.807) is 4.90 Å². The van der Waals surface area contributed by atoms with Crippen LogP contribution in [0.5, 0.6) is 0 Å². The molecule has 1 aromatic heterocycles. The standard InChI is InChI=1S/C17H19FN4O2/c1-11-9-21(10-12(2)19-11)17(24)15-7-8-16(23)22(20-15)14-5-3-13(18)4-6-14/h3-8,11-12,19H,9-10H2,1-2H3/t11-,12+. The first kappa shape index (κ1) is 16.3. The fourth-order valence-electron chi connectivity index (χ4n) is 2.95. The Labute approximate surface area is 138 Å². The van der Waals surface area contributed by atoms with Crippen molar-refractivity contribution in [3.05, 3.63) is 58.3 Å². The molecule has 0 aliphatic carbocycles. The van der Waals surface area contributed by atoms with Crippen LogP contribution in [-0.4, -0.2) is 45.8 Å². The number of carbonyl (C=O) groups is 1. The number of rotatable bonds is 2. The van der Waals surface area contributed by atoms with Crippen molar-refractivity contribution in [2.24, 2.45) is 0 Å². The molecule has 24 heavy (non-hydrogen) atoms. The van der Waals surface area contributed by atoms with E-state index in [1.165, 1.54) is 36.4 Å². The molecule has 0 saturated carbocycles. The minimum absolute atomic E-state index is 0.195. The van der Waals surface area contributed by atoms with Crippen LogP contribution in [0.2, 0.25) is 0 Å². The molecule has 1 aliphatic rings. The van der Waals surface area contributed by atoms with E-state index >= 15 is 0 Å². The van der Waals surface area contributed by atoms with Gasteiger partial charge in [0.1, 0.15) is 11.5 Å². The Hall–Kier alpha value is -2.54. The van der Waals surface area contributed by atoms with E-state index in [2.05, 4.69) is 10.4 Å². The third-order valence-electron chi connectivity index (χ3n) is 3.94. The average molecular weight is 330 g/mol. The minimum Gasteiger partial charge on any atom is -0.334 e. The maximum atomic E-state index is 13.1. The fraction of sp³-hybridized carbons (Fsp3) is 0.353. The highest BCUT2D eigenvalue weighted by atomic mass is 19.1. The van der Waals surface area contributed by atoms with Crippen molar-refractivity contribution >= 4 is 5.91 Å². The van der Waals surface area contributed by atoms with Crippen LogP contribution in [0, 0.1) is 5.82 Å². The van der Waals surface area contributed by atoms with E-state index in [0.29, 0.717) is 18.8 Å². The summed E-state index contributed by atoms with van der Waals surface area (Å²) >= 11 is 0. The Balaban J connectivity index is 1.92. The highest BCUT2D eigenvalue weighted by Crippen LogP contribution is 2.10. The van der Waals surface area contributed by atoms with Crippen LogP contribution in [-0.2, 0) is 0 Å². The van der Waals surface area contributed by atoms with Crippen molar-refractivity contribution in [1.29, 1.82) is 0 Å². The Morgan fingerprint density at radius 2 is 1.75 bits per heavy atom. The smallest absolute Gasteiger partial charge is 0.274 e. The number of nitrogens with one attached hydrogen (secondary N) is 1. The number of benzene rings is 1. The summed E-state index contributed by atoms with van der Waals surface area (Å²) in [5, 5.41) is 7.53. The van der Waals surface area contributed by atoms with Crippen LogP contribution >= 0.6 is 0 Å². The molecule has 1 N–H and O–H groups in total. The molecule has 0 unspecified atom stereocenters. The molecule has 0 spiro atoms. The number of hydrogen-bond acceptors (Lipinski definition) is 4. The van der Waals surface area contributed by atoms with Gasteiger partial charge in [0.05, 0.1) is 5.69 Å². The maximum absolute atomic E-state index is 13.1. The highest BCUT2D eigenvalue weighted by molar-refractivity contribution is 5.92. The second-order valence-corrected chi connectivity index (χ2v) is 6.12. The second-order valence-electron chi connectivity index (χ2n) is 6.12. The molecule has 0 bridgehead atoms. The number of hydrogen-bond donors (Lipinski definition) is 1. The zero-order valence-corrected chi connectivity index (χ0v) is 13.6. The summed E-state index contributed by atoms with van der Waals surface area (Å²) in [5.74, 6) is -0.617. The predicted molar refractivity (Wildman–Crippen MR) is 87.8 cm³/mol. The highest BCUT2D eigenvalue weighted by Gasteiger charge is 2.26. The second kappa shape index (κ2) is 6.52. The van der Waals surface area contributed by atoms with E-state index in [1.807, 2.05) is 13.8 Å². The van der Waals surface area contributed by atoms with Gasteiger partial charge in [-0.1, -0.05) is 0 Å². The van der Waals surface area contributed by atoms with Crippen molar-refractivity contribution in [2.75, 3.05) is 13.1 Å². The Morgan fingerprint density at radius 3 is 2.38 bits per heavy atom. The van der Waals surface area contributed by atoms with Gasteiger partial charge in [0, 0.05) is 31.2 Å². The third kappa shape index (κ3) is 3.35. The van der Waals surface area contributed by atoms with Gasteiger partial charge >= 0.3 is 0 Å². The van der Waals surface area contributed by atoms with E-state index in [-0.39, 0.29) is 29.2 Å². The first-order valence-corrected chi connectivity index (χ1v) is 7.85. The van der Waals surface area contributed by atoms with E-state index in [4.69, 9.17) is 0 Å². The lowest BCUT2D eigenvalue weighted by Crippen LogP contribution is -2.56. The molecule has 0 radical (unpaired) electrons. The number of halogens is 1. The van der Waals surface area contributed by atoms with E-state index < -0.39 is 5.82 Å². The van der Waals surface area contributed by atoms with Crippen LogP contribution in [0.15, 0.2) is 41.2 Å². The normalized spacial score (nSPS) is 20.9. The molecule has 3 rings (SSSR count). The SMILES string of the molecule is C[C@@H]1CN(C(=O)c2ccc(=O)n(-c3ccc(F)cc3)n2)C[C@H](C)N1. The number of carbonyl (C=O) groups excluding carboxylic acids is 1. The quantitative estimate of drug-likeness (QED) is 0.898. The molecular weight excluding hydrogens is 311 g/mol. The molecule has 7 heteroatoms. The van der Waals surface area contributed by atoms with Gasteiger partial charge in [-0.3, -0.25) is 9.59 Å². The molecule has 2 aromatic rings. The summed E-state index contributed by atoms with van der Waals surface area (Å²) in [5.41, 5.74) is 0.235. The molecular formula is C17H19FN4O2. The third-order valence-corrected chi connectivity index (χ3v) is 3.94. The van der Waals surface area contributed by atoms with Gasteiger partial charge in [-0.15, -0.1) is 0 Å². The Kier molecular flexibility index (Phi) is 4.44. The summed E-state index contributed by atoms with van der Waals surface area (Å²) in [6, 6.07) is 8.52. The molecule has 1 aromatic carbocycles. The number of piperazine rings is 1. The lowest BCUT2D eigenvalue weighted by molar-refractivity contribution is 0.0665. The van der Waals surface area contributed by atoms with Gasteiger partial charge in [-0.25, -0.2) is 4.39 Å². The van der Waals surface area contributed by atoms with Gasteiger partial charge in [-0.2, -0.15) is 9.78 Å². The molecule has 1 amide bonds. The van der Waals surface area contributed by atoms with Crippen LogP contribution < -0.4 is 10.9 Å². The number of aromatic nitrogens is 2. The van der Waals surface area contributed by atoms with Gasteiger partial charge in [0.2, 0.25) is 0 Å². The summed E-state index contributed by atoms with van der Waals surface area (Å²) in [7, 11) is 0. The lowest BCUT2D eigenvalue weighted by atomic mass is 10.1. The largest absolute Gasteiger partial charge is 0.334 e. The fourth-order valence-corrected chi connectivity index (χ4v) is 2.95. The zero-order chi connectivity index (χ0) is 17.3. The number of nitrogens with zero attached hydrogens (tertiary/aromatic N) is 3. The van der Waals surface area contributed by atoms with Crippen LogP contribution in [0.25, 0.3) is 5.69 Å². The minimum atomic E-state index is -0.400. The van der Waals surface area contributed by atoms with Gasteiger partial charge < -0.3 is 10.2 Å². The first-order chi connectivity index (χ1) is 11.4. The Bertz CT molecular complexity index is 793. The molecule has 2 heterocycles. The van der Waals surface area contributed by atoms with E-state index in [9.17, 15) is 14.0 Å². The lowest BCUT2D eigenvalue weighted by Gasteiger charge is -2.35. The van der Waals surface area contributed by atoms with Crippen molar-refractivity contribution in [3.8, 4) is 5.69 Å². The summed E-state index contributed by atoms with van der Waals surface area (Å²) < 4.78 is 14.2. The molecule has 1 aliphatic heterocycles. The summed E-state index contributed by atoms with van der Waals surface area (Å²) in [6.45, 7) is 5.20. The zero-order valence-electron chi connectivity index (χ0n) is 13.6. The van der Waals surface area contributed by atoms with Crippen molar-refractivity contribution in [3.63, 3.8) is 0 Å². The molecule has 1 fully saturated rings. The van der Waals surface area contributed by atoms with Crippen LogP contribution in [0.4, 0.5) is 4.39 Å². The summed E-state index contributed by atoms with van der Waals surface area (Å²) in [4.78, 5) is 26.5. The Morgan fingerprint density at radius 1 is 1.12 bits per heavy atom. The maximum Gasteiger partial charge on any atom is 0.274 e. The van der Waals surface area contributed by atoms with E-state index in [0.717, 1.165) is 4.68 Å². The molecule has 1 saturated heterocycles. The van der Waals surface area contributed by atoms with Crippen LogP contribution in [0.3, 0.4) is 0 Å². The van der Waals surface area contributed by atoms with Crippen molar-refractivity contribution in [2.45, 2.75) is 25.9 Å². The molecule has 126 valence electrons. The monoisotopic (exact) mass is 330 g/mol. The average Bonchev–Trinajstić information content (AvgIpc) is 2.55. The van der Waals surface area contributed by atoms with Gasteiger partial charge in [0.25, 0.3) is 11.5 Å². The first-order valence-electron chi connectivity index (χ1n) is 7.85. The number of amides is 1. The summed E-state index contributed by atoms with van der Waals surface area (Å²) in [6.07, 6.45) is 0. The van der Waals surface area contributed by atoms with Gasteiger partial charge in [0.15, 0.2) is 0 Å².